The zero-order chi connectivity index (χ0) is 11.4. The Morgan fingerprint density at radius 2 is 1.47 bits per heavy atom. The fourth-order valence-electron chi connectivity index (χ4n) is 1.07. The van der Waals surface area contributed by atoms with Crippen LogP contribution in [0.3, 0.4) is 0 Å². The monoisotopic (exact) mass is 207 g/mol. The minimum atomic E-state index is -0.439. The standard InChI is InChI=1S/C11H11O4/c1-7-4-10(14-8(2)12)6-11(5-7)15-9(3)13/h4-5H,1-3H3. The number of carbonyl (C=O) groups excluding carboxylic acids is 2. The summed E-state index contributed by atoms with van der Waals surface area (Å²) in [6.45, 7) is 4.39. The summed E-state index contributed by atoms with van der Waals surface area (Å²) in [5, 5.41) is 0. The molecule has 0 heterocycles. The number of hydrogen-bond acceptors (Lipinski definition) is 4. The van der Waals surface area contributed by atoms with Gasteiger partial charge in [-0.25, -0.2) is 0 Å². The van der Waals surface area contributed by atoms with Gasteiger partial charge in [-0.05, 0) is 24.6 Å². The predicted octanol–water partition coefficient (Wildman–Crippen LogP) is 1.65. The van der Waals surface area contributed by atoms with Gasteiger partial charge in [0.25, 0.3) is 0 Å². The molecule has 1 aromatic carbocycles. The Morgan fingerprint density at radius 3 is 1.80 bits per heavy atom. The van der Waals surface area contributed by atoms with E-state index in [4.69, 9.17) is 9.47 Å². The van der Waals surface area contributed by atoms with Gasteiger partial charge < -0.3 is 9.47 Å². The third-order valence-corrected chi connectivity index (χ3v) is 1.47. The average molecular weight is 207 g/mol. The number of rotatable bonds is 2. The fraction of sp³-hybridized carbons (Fsp3) is 0.273. The van der Waals surface area contributed by atoms with E-state index in [1.807, 2.05) is 0 Å². The summed E-state index contributed by atoms with van der Waals surface area (Å²) in [6.07, 6.45) is 0. The predicted molar refractivity (Wildman–Crippen MR) is 52.6 cm³/mol. The first-order valence-electron chi connectivity index (χ1n) is 4.38. The van der Waals surface area contributed by atoms with Crippen molar-refractivity contribution in [3.05, 3.63) is 23.8 Å². The highest BCUT2D eigenvalue weighted by Crippen LogP contribution is 2.21. The Kier molecular flexibility index (Phi) is 3.44. The molecule has 1 aromatic rings. The molecule has 0 aromatic heterocycles. The van der Waals surface area contributed by atoms with Crippen molar-refractivity contribution in [3.63, 3.8) is 0 Å². The molecular weight excluding hydrogens is 196 g/mol. The van der Waals surface area contributed by atoms with Crippen LogP contribution in [0.2, 0.25) is 0 Å². The number of carbonyl (C=O) groups is 2. The van der Waals surface area contributed by atoms with Crippen molar-refractivity contribution < 1.29 is 19.1 Å². The summed E-state index contributed by atoms with van der Waals surface area (Å²) in [7, 11) is 0. The van der Waals surface area contributed by atoms with Crippen molar-refractivity contribution >= 4 is 11.9 Å². The van der Waals surface area contributed by atoms with Crippen LogP contribution in [0.4, 0.5) is 0 Å². The van der Waals surface area contributed by atoms with Crippen molar-refractivity contribution in [2.75, 3.05) is 0 Å². The minimum Gasteiger partial charge on any atom is -0.426 e. The number of ether oxygens (including phenoxy) is 2. The second kappa shape index (κ2) is 4.59. The largest absolute Gasteiger partial charge is 0.426 e. The number of esters is 2. The minimum absolute atomic E-state index is 0.249. The molecule has 0 N–H and O–H groups in total. The molecule has 0 amide bonds. The lowest BCUT2D eigenvalue weighted by molar-refractivity contribution is -0.132. The van der Waals surface area contributed by atoms with E-state index in [2.05, 4.69) is 6.07 Å². The van der Waals surface area contributed by atoms with Gasteiger partial charge in [0.2, 0.25) is 0 Å². The third-order valence-electron chi connectivity index (χ3n) is 1.47. The van der Waals surface area contributed by atoms with Crippen molar-refractivity contribution in [2.24, 2.45) is 0 Å². The first-order chi connectivity index (χ1) is 6.97. The van der Waals surface area contributed by atoms with Crippen LogP contribution in [-0.2, 0) is 9.59 Å². The summed E-state index contributed by atoms with van der Waals surface area (Å²) in [6, 6.07) is 5.93. The van der Waals surface area contributed by atoms with Crippen molar-refractivity contribution in [2.45, 2.75) is 20.8 Å². The van der Waals surface area contributed by atoms with Crippen LogP contribution >= 0.6 is 0 Å². The zero-order valence-electron chi connectivity index (χ0n) is 8.79. The van der Waals surface area contributed by atoms with Crippen LogP contribution in [0.25, 0.3) is 0 Å². The summed E-state index contributed by atoms with van der Waals surface area (Å²) in [5.74, 6) is -0.381. The molecule has 1 rings (SSSR count). The maximum absolute atomic E-state index is 10.7. The molecule has 0 spiro atoms. The van der Waals surface area contributed by atoms with Crippen LogP contribution in [0.1, 0.15) is 19.4 Å². The van der Waals surface area contributed by atoms with Crippen LogP contribution in [0.5, 0.6) is 11.5 Å². The first kappa shape index (κ1) is 11.2. The number of aryl methyl sites for hydroxylation is 1. The van der Waals surface area contributed by atoms with Crippen molar-refractivity contribution in [1.29, 1.82) is 0 Å². The van der Waals surface area contributed by atoms with Crippen LogP contribution in [0, 0.1) is 13.0 Å². The van der Waals surface area contributed by atoms with Gasteiger partial charge in [-0.2, -0.15) is 0 Å². The molecule has 4 nitrogen and oxygen atoms in total. The molecule has 15 heavy (non-hydrogen) atoms. The molecule has 0 aliphatic rings. The van der Waals surface area contributed by atoms with Crippen LogP contribution in [-0.4, -0.2) is 11.9 Å². The molecule has 79 valence electrons. The van der Waals surface area contributed by atoms with Gasteiger partial charge in [0, 0.05) is 13.8 Å². The zero-order valence-corrected chi connectivity index (χ0v) is 8.79. The van der Waals surface area contributed by atoms with Gasteiger partial charge in [0.15, 0.2) is 0 Å². The van der Waals surface area contributed by atoms with E-state index in [1.54, 1.807) is 19.1 Å². The molecule has 0 fully saturated rings. The molecule has 4 heteroatoms. The summed E-state index contributed by atoms with van der Waals surface area (Å²) in [4.78, 5) is 21.4. The maximum atomic E-state index is 10.7. The molecule has 0 atom stereocenters. The van der Waals surface area contributed by atoms with Gasteiger partial charge in [-0.15, -0.1) is 0 Å². The molecule has 0 saturated carbocycles. The van der Waals surface area contributed by atoms with E-state index >= 15 is 0 Å². The number of hydrogen-bond donors (Lipinski definition) is 0. The van der Waals surface area contributed by atoms with E-state index in [0.29, 0.717) is 0 Å². The maximum Gasteiger partial charge on any atom is 0.308 e. The van der Waals surface area contributed by atoms with Gasteiger partial charge in [-0.1, -0.05) is 0 Å². The molecule has 1 radical (unpaired) electrons. The summed E-state index contributed by atoms with van der Waals surface area (Å²) < 4.78 is 9.66. The highest BCUT2D eigenvalue weighted by molar-refractivity contribution is 5.71. The van der Waals surface area contributed by atoms with Crippen LogP contribution in [0.15, 0.2) is 12.1 Å². The normalized spacial score (nSPS) is 9.53. The Balaban J connectivity index is 2.94. The van der Waals surface area contributed by atoms with E-state index in [0.717, 1.165) is 5.56 Å². The fourth-order valence-corrected chi connectivity index (χ4v) is 1.07. The quantitative estimate of drug-likeness (QED) is 0.546. The SMILES string of the molecule is CC(=O)Oc1[c]c(OC(C)=O)cc(C)c1. The Morgan fingerprint density at radius 1 is 1.07 bits per heavy atom. The van der Waals surface area contributed by atoms with Gasteiger partial charge in [-0.3, -0.25) is 9.59 Å². The summed E-state index contributed by atoms with van der Waals surface area (Å²) >= 11 is 0. The molecule has 0 bridgehead atoms. The second-order valence-corrected chi connectivity index (χ2v) is 3.07. The second-order valence-electron chi connectivity index (χ2n) is 3.07. The van der Waals surface area contributed by atoms with Crippen LogP contribution < -0.4 is 9.47 Å². The van der Waals surface area contributed by atoms with Gasteiger partial charge >= 0.3 is 11.9 Å². The average Bonchev–Trinajstić information content (AvgIpc) is 1.98. The summed E-state index contributed by atoms with van der Waals surface area (Å²) in [5.41, 5.74) is 0.821. The highest BCUT2D eigenvalue weighted by atomic mass is 16.5. The highest BCUT2D eigenvalue weighted by Gasteiger charge is 2.05. The lowest BCUT2D eigenvalue weighted by Crippen LogP contribution is -2.04. The molecule has 0 unspecified atom stereocenters. The lowest BCUT2D eigenvalue weighted by Gasteiger charge is -2.05. The topological polar surface area (TPSA) is 52.6 Å². The van der Waals surface area contributed by atoms with E-state index in [9.17, 15) is 9.59 Å². The van der Waals surface area contributed by atoms with Gasteiger partial charge in [0.1, 0.15) is 11.5 Å². The van der Waals surface area contributed by atoms with E-state index < -0.39 is 11.9 Å². The van der Waals surface area contributed by atoms with E-state index in [-0.39, 0.29) is 11.5 Å². The Hall–Kier alpha value is -1.84. The van der Waals surface area contributed by atoms with Crippen molar-refractivity contribution in [3.8, 4) is 11.5 Å². The van der Waals surface area contributed by atoms with Crippen molar-refractivity contribution in [1.82, 2.24) is 0 Å². The third kappa shape index (κ3) is 3.81. The lowest BCUT2D eigenvalue weighted by atomic mass is 10.2. The number of benzene rings is 1. The molecule has 0 aliphatic carbocycles. The molecule has 0 aliphatic heterocycles. The first-order valence-corrected chi connectivity index (χ1v) is 4.38. The Bertz CT molecular complexity index is 361. The molecule has 0 saturated heterocycles. The Labute approximate surface area is 87.8 Å². The van der Waals surface area contributed by atoms with E-state index in [1.165, 1.54) is 13.8 Å². The smallest absolute Gasteiger partial charge is 0.308 e. The van der Waals surface area contributed by atoms with Gasteiger partial charge in [0.05, 0.1) is 6.07 Å². The molecular formula is C11H11O4.